The lowest BCUT2D eigenvalue weighted by atomic mass is 10.0. The van der Waals surface area contributed by atoms with Crippen molar-refractivity contribution in [1.29, 1.82) is 0 Å². The van der Waals surface area contributed by atoms with E-state index in [1.54, 1.807) is 30.3 Å². The maximum atomic E-state index is 11.1. The van der Waals surface area contributed by atoms with E-state index < -0.39 is 11.0 Å². The second-order valence-electron chi connectivity index (χ2n) is 5.94. The van der Waals surface area contributed by atoms with Crippen LogP contribution in [0.4, 0.5) is 5.69 Å². The summed E-state index contributed by atoms with van der Waals surface area (Å²) in [7, 11) is 0. The van der Waals surface area contributed by atoms with Gasteiger partial charge in [-0.05, 0) is 48.7 Å². The van der Waals surface area contributed by atoms with Crippen LogP contribution in [0, 0.1) is 24.0 Å². The minimum absolute atomic E-state index is 0.0204. The number of nitro benzene ring substituents is 1. The Morgan fingerprint density at radius 2 is 1.88 bits per heavy atom. The third-order valence-corrected chi connectivity index (χ3v) is 3.87. The van der Waals surface area contributed by atoms with Crippen LogP contribution in [-0.4, -0.2) is 22.5 Å². The van der Waals surface area contributed by atoms with Crippen molar-refractivity contribution in [2.45, 2.75) is 26.6 Å². The number of hydrogen-bond acceptors (Lipinski definition) is 5. The SMILES string of the molecule is Cc1cc(C(O)CN=C(N)N)cc(C)c1OCc1ccccc1[N+](=O)[O-]. The molecule has 138 valence electrons. The maximum absolute atomic E-state index is 11.1. The fraction of sp³-hybridized carbons (Fsp3) is 0.278. The number of hydrogen-bond donors (Lipinski definition) is 3. The molecule has 0 saturated heterocycles. The lowest BCUT2D eigenvalue weighted by molar-refractivity contribution is -0.385. The van der Waals surface area contributed by atoms with Crippen LogP contribution in [-0.2, 0) is 6.61 Å². The highest BCUT2D eigenvalue weighted by Gasteiger charge is 2.16. The van der Waals surface area contributed by atoms with Crippen LogP contribution >= 0.6 is 0 Å². The second kappa shape index (κ2) is 8.30. The molecule has 8 heteroatoms. The second-order valence-corrected chi connectivity index (χ2v) is 5.94. The molecule has 0 bridgehead atoms. The minimum atomic E-state index is -0.834. The zero-order chi connectivity index (χ0) is 19.3. The summed E-state index contributed by atoms with van der Waals surface area (Å²) < 4.78 is 5.82. The van der Waals surface area contributed by atoms with Crippen molar-refractivity contribution in [3.63, 3.8) is 0 Å². The number of rotatable bonds is 7. The van der Waals surface area contributed by atoms with Gasteiger partial charge in [0.25, 0.3) is 5.69 Å². The number of aryl methyl sites for hydroxylation is 2. The van der Waals surface area contributed by atoms with Gasteiger partial charge in [-0.3, -0.25) is 15.1 Å². The molecule has 2 rings (SSSR count). The number of aliphatic imine (C=N–C) groups is 1. The van der Waals surface area contributed by atoms with E-state index in [0.717, 1.165) is 11.1 Å². The van der Waals surface area contributed by atoms with Gasteiger partial charge >= 0.3 is 0 Å². The molecule has 2 aromatic carbocycles. The molecule has 2 aromatic rings. The van der Waals surface area contributed by atoms with E-state index in [1.165, 1.54) is 6.07 Å². The van der Waals surface area contributed by atoms with Gasteiger partial charge in [0.1, 0.15) is 12.4 Å². The first-order valence-electron chi connectivity index (χ1n) is 7.99. The normalized spacial score (nSPS) is 11.7. The summed E-state index contributed by atoms with van der Waals surface area (Å²) in [5.41, 5.74) is 13.4. The summed E-state index contributed by atoms with van der Waals surface area (Å²) in [6.45, 7) is 3.84. The number of aliphatic hydroxyl groups excluding tert-OH is 1. The number of ether oxygens (including phenoxy) is 1. The van der Waals surface area contributed by atoms with Crippen molar-refractivity contribution in [3.8, 4) is 5.75 Å². The molecule has 8 nitrogen and oxygen atoms in total. The minimum Gasteiger partial charge on any atom is -0.488 e. The topological polar surface area (TPSA) is 137 Å². The molecule has 5 N–H and O–H groups in total. The standard InChI is InChI=1S/C18H22N4O4/c1-11-7-14(16(23)9-21-18(19)20)8-12(2)17(11)26-10-13-5-3-4-6-15(13)22(24)25/h3-8,16,23H,9-10H2,1-2H3,(H4,19,20,21). The number of para-hydroxylation sites is 1. The van der Waals surface area contributed by atoms with E-state index in [4.69, 9.17) is 16.2 Å². The molecule has 1 atom stereocenters. The van der Waals surface area contributed by atoms with E-state index in [1.807, 2.05) is 13.8 Å². The number of nitro groups is 1. The quantitative estimate of drug-likeness (QED) is 0.300. The van der Waals surface area contributed by atoms with Crippen molar-refractivity contribution in [2.75, 3.05) is 6.54 Å². The van der Waals surface area contributed by atoms with Crippen LogP contribution in [0.1, 0.15) is 28.4 Å². The van der Waals surface area contributed by atoms with Crippen LogP contribution in [0.15, 0.2) is 41.4 Å². The fourth-order valence-corrected chi connectivity index (χ4v) is 2.66. The monoisotopic (exact) mass is 358 g/mol. The lowest BCUT2D eigenvalue weighted by Crippen LogP contribution is -2.23. The highest BCUT2D eigenvalue weighted by molar-refractivity contribution is 5.75. The Hall–Kier alpha value is -3.13. The molecular weight excluding hydrogens is 336 g/mol. The molecule has 0 saturated carbocycles. The molecule has 0 aliphatic carbocycles. The summed E-state index contributed by atoms with van der Waals surface area (Å²) in [4.78, 5) is 14.5. The Kier molecular flexibility index (Phi) is 6.13. The van der Waals surface area contributed by atoms with E-state index in [0.29, 0.717) is 16.9 Å². The molecule has 0 heterocycles. The van der Waals surface area contributed by atoms with Gasteiger partial charge in [-0.2, -0.15) is 0 Å². The zero-order valence-corrected chi connectivity index (χ0v) is 14.7. The zero-order valence-electron chi connectivity index (χ0n) is 14.7. The highest BCUT2D eigenvalue weighted by Crippen LogP contribution is 2.29. The van der Waals surface area contributed by atoms with Crippen molar-refractivity contribution >= 4 is 11.6 Å². The molecule has 26 heavy (non-hydrogen) atoms. The van der Waals surface area contributed by atoms with E-state index >= 15 is 0 Å². The first-order chi connectivity index (χ1) is 12.3. The molecular formula is C18H22N4O4. The van der Waals surface area contributed by atoms with Crippen molar-refractivity contribution in [1.82, 2.24) is 0 Å². The van der Waals surface area contributed by atoms with Crippen LogP contribution in [0.25, 0.3) is 0 Å². The van der Waals surface area contributed by atoms with Crippen LogP contribution in [0.5, 0.6) is 5.75 Å². The molecule has 1 unspecified atom stereocenters. The molecule has 0 aromatic heterocycles. The first kappa shape index (κ1) is 19.2. The summed E-state index contributed by atoms with van der Waals surface area (Å²) in [5.74, 6) is 0.544. The molecule has 0 radical (unpaired) electrons. The van der Waals surface area contributed by atoms with E-state index in [2.05, 4.69) is 4.99 Å². The summed E-state index contributed by atoms with van der Waals surface area (Å²) in [6, 6.07) is 10.0. The average Bonchev–Trinajstić information content (AvgIpc) is 2.58. The van der Waals surface area contributed by atoms with Gasteiger partial charge in [0.2, 0.25) is 0 Å². The van der Waals surface area contributed by atoms with Crippen molar-refractivity contribution < 1.29 is 14.8 Å². The van der Waals surface area contributed by atoms with Gasteiger partial charge in [0.05, 0.1) is 23.1 Å². The van der Waals surface area contributed by atoms with Gasteiger partial charge in [-0.25, -0.2) is 0 Å². The van der Waals surface area contributed by atoms with Crippen LogP contribution < -0.4 is 16.2 Å². The molecule has 0 fully saturated rings. The molecule has 0 aliphatic rings. The summed E-state index contributed by atoms with van der Waals surface area (Å²) in [5, 5.41) is 21.3. The van der Waals surface area contributed by atoms with Gasteiger partial charge in [0.15, 0.2) is 5.96 Å². The maximum Gasteiger partial charge on any atom is 0.276 e. The summed E-state index contributed by atoms with van der Waals surface area (Å²) >= 11 is 0. The average molecular weight is 358 g/mol. The number of aliphatic hydroxyl groups is 1. The van der Waals surface area contributed by atoms with E-state index in [-0.39, 0.29) is 24.8 Å². The largest absolute Gasteiger partial charge is 0.488 e. The number of nitrogens with two attached hydrogens (primary N) is 2. The van der Waals surface area contributed by atoms with Crippen LogP contribution in [0.3, 0.4) is 0 Å². The van der Waals surface area contributed by atoms with Crippen LogP contribution in [0.2, 0.25) is 0 Å². The number of benzene rings is 2. The fourth-order valence-electron chi connectivity index (χ4n) is 2.66. The van der Waals surface area contributed by atoms with Gasteiger partial charge in [-0.1, -0.05) is 12.1 Å². The van der Waals surface area contributed by atoms with Gasteiger partial charge in [0, 0.05) is 6.07 Å². The predicted molar refractivity (Wildman–Crippen MR) is 99.0 cm³/mol. The van der Waals surface area contributed by atoms with Crippen molar-refractivity contribution in [3.05, 3.63) is 68.8 Å². The molecule has 0 amide bonds. The third kappa shape index (κ3) is 4.70. The Morgan fingerprint density at radius 3 is 2.46 bits per heavy atom. The predicted octanol–water partition coefficient (Wildman–Crippen LogP) is 2.10. The Balaban J connectivity index is 2.19. The number of guanidine groups is 1. The highest BCUT2D eigenvalue weighted by atomic mass is 16.6. The smallest absolute Gasteiger partial charge is 0.276 e. The Labute approximate surface area is 151 Å². The summed E-state index contributed by atoms with van der Waals surface area (Å²) in [6.07, 6.45) is -0.834. The Morgan fingerprint density at radius 1 is 1.27 bits per heavy atom. The molecule has 0 spiro atoms. The van der Waals surface area contributed by atoms with E-state index in [9.17, 15) is 15.2 Å². The van der Waals surface area contributed by atoms with Crippen molar-refractivity contribution in [2.24, 2.45) is 16.5 Å². The first-order valence-corrected chi connectivity index (χ1v) is 7.99. The lowest BCUT2D eigenvalue weighted by Gasteiger charge is -2.16. The third-order valence-electron chi connectivity index (χ3n) is 3.87. The van der Waals surface area contributed by atoms with Gasteiger partial charge in [-0.15, -0.1) is 0 Å². The Bertz CT molecular complexity index is 809. The number of nitrogens with zero attached hydrogens (tertiary/aromatic N) is 2. The molecule has 0 aliphatic heterocycles. The van der Waals surface area contributed by atoms with Gasteiger partial charge < -0.3 is 21.3 Å².